The van der Waals surface area contributed by atoms with Gasteiger partial charge in [-0.1, -0.05) is 24.3 Å². The predicted octanol–water partition coefficient (Wildman–Crippen LogP) is 3.88. The zero-order chi connectivity index (χ0) is 16.4. The lowest BCUT2D eigenvalue weighted by atomic mass is 10.0. The number of halogens is 2. The van der Waals surface area contributed by atoms with Crippen molar-refractivity contribution < 1.29 is 0 Å². The molecule has 1 heterocycles. The van der Waals surface area contributed by atoms with Crippen LogP contribution >= 0.6 is 69.7 Å². The van der Waals surface area contributed by atoms with Crippen LogP contribution in [0.4, 0.5) is 0 Å². The normalized spacial score (nSPS) is 9.92. The first-order valence-electron chi connectivity index (χ1n) is 7.05. The van der Waals surface area contributed by atoms with Crippen LogP contribution in [0, 0.1) is 0 Å². The van der Waals surface area contributed by atoms with E-state index in [0.717, 1.165) is 0 Å². The fourth-order valence-corrected chi connectivity index (χ4v) is 4.01. The van der Waals surface area contributed by atoms with Crippen molar-refractivity contribution in [3.63, 3.8) is 0 Å². The highest BCUT2D eigenvalue weighted by atomic mass is 79.9. The molecular formula is C16H18Br2N4S3. The monoisotopic (exact) mass is 520 g/mol. The number of thiophene rings is 1. The fraction of sp³-hybridized carbons (Fsp3) is 0.125. The average Bonchev–Trinajstić information content (AvgIpc) is 2.90. The van der Waals surface area contributed by atoms with Crippen LogP contribution in [0.5, 0.6) is 0 Å². The second-order valence-corrected chi connectivity index (χ2v) is 7.08. The van der Waals surface area contributed by atoms with Crippen molar-refractivity contribution in [1.29, 1.82) is 0 Å². The van der Waals surface area contributed by atoms with E-state index < -0.39 is 0 Å². The largest absolute Gasteiger partial charge is 0.376 e. The molecule has 3 aromatic rings. The molecule has 0 bridgehead atoms. The maximum atomic E-state index is 5.57. The highest BCUT2D eigenvalue weighted by Gasteiger charge is 2.12. The Morgan fingerprint density at radius 1 is 0.800 bits per heavy atom. The number of benzene rings is 2. The first-order valence-corrected chi connectivity index (χ1v) is 8.68. The minimum absolute atomic E-state index is 0. The van der Waals surface area contributed by atoms with Crippen LogP contribution in [0.15, 0.2) is 36.4 Å². The van der Waals surface area contributed by atoms with Crippen LogP contribution in [-0.2, 0) is 13.1 Å². The van der Waals surface area contributed by atoms with Gasteiger partial charge in [-0.3, -0.25) is 0 Å². The molecule has 25 heavy (non-hydrogen) atoms. The third kappa shape index (κ3) is 5.01. The lowest BCUT2D eigenvalue weighted by Crippen LogP contribution is -2.28. The summed E-state index contributed by atoms with van der Waals surface area (Å²) in [7, 11) is 0. The van der Waals surface area contributed by atoms with Crippen LogP contribution in [0.2, 0.25) is 0 Å². The molecule has 2 aromatic carbocycles. The summed E-state index contributed by atoms with van der Waals surface area (Å²) in [5, 5.41) is 9.14. The van der Waals surface area contributed by atoms with Gasteiger partial charge < -0.3 is 22.1 Å². The minimum atomic E-state index is 0. The van der Waals surface area contributed by atoms with Crippen molar-refractivity contribution in [1.82, 2.24) is 10.6 Å². The second-order valence-electron chi connectivity index (χ2n) is 5.12. The van der Waals surface area contributed by atoms with E-state index in [2.05, 4.69) is 47.0 Å². The third-order valence-corrected chi connectivity index (χ3v) is 5.01. The maximum absolute atomic E-state index is 5.57. The molecule has 1 aromatic heterocycles. The number of hydrogen-bond donors (Lipinski definition) is 4. The molecule has 6 N–H and O–H groups in total. The van der Waals surface area contributed by atoms with Gasteiger partial charge in [-0.2, -0.15) is 0 Å². The molecule has 3 rings (SSSR count). The average molecular weight is 522 g/mol. The molecule has 0 saturated heterocycles. The molecule has 0 saturated carbocycles. The molecule has 0 atom stereocenters. The molecule has 0 amide bonds. The number of fused-ring (bicyclic) bond motifs is 3. The Hall–Kier alpha value is -1.00. The van der Waals surface area contributed by atoms with Gasteiger partial charge in [-0.05, 0) is 47.7 Å². The van der Waals surface area contributed by atoms with Gasteiger partial charge in [0.05, 0.1) is 0 Å². The number of thiocarbonyl (C=S) groups is 2. The summed E-state index contributed by atoms with van der Waals surface area (Å²) in [5.74, 6) is 0. The van der Waals surface area contributed by atoms with Crippen LogP contribution < -0.4 is 22.1 Å². The maximum Gasteiger partial charge on any atom is 0.163 e. The lowest BCUT2D eigenvalue weighted by molar-refractivity contribution is 0.924. The second kappa shape index (κ2) is 9.63. The minimum Gasteiger partial charge on any atom is -0.376 e. The molecule has 0 aliphatic carbocycles. The molecule has 0 fully saturated rings. The van der Waals surface area contributed by atoms with Gasteiger partial charge >= 0.3 is 0 Å². The number of rotatable bonds is 4. The lowest BCUT2D eigenvalue weighted by Gasteiger charge is -2.09. The molecule has 9 heteroatoms. The summed E-state index contributed by atoms with van der Waals surface area (Å²) in [6.07, 6.45) is 0. The summed E-state index contributed by atoms with van der Waals surface area (Å²) in [4.78, 5) is 0. The van der Waals surface area contributed by atoms with E-state index in [1.165, 1.54) is 31.3 Å². The smallest absolute Gasteiger partial charge is 0.163 e. The van der Waals surface area contributed by atoms with Gasteiger partial charge in [0.2, 0.25) is 0 Å². The third-order valence-electron chi connectivity index (χ3n) is 3.60. The zero-order valence-corrected chi connectivity index (χ0v) is 18.9. The molecule has 0 spiro atoms. The SMILES string of the molecule is Br.Br.NC(=S)NCc1cccc2sc3cccc(CNC(N)=S)c3c12. The number of hydrogen-bond acceptors (Lipinski definition) is 3. The van der Waals surface area contributed by atoms with E-state index in [9.17, 15) is 0 Å². The molecular weight excluding hydrogens is 504 g/mol. The summed E-state index contributed by atoms with van der Waals surface area (Å²) in [6.45, 7) is 1.21. The quantitative estimate of drug-likeness (QED) is 0.390. The Kier molecular flexibility index (Phi) is 8.49. The van der Waals surface area contributed by atoms with Gasteiger partial charge in [0.25, 0.3) is 0 Å². The Bertz CT molecular complexity index is 839. The van der Waals surface area contributed by atoms with Crippen molar-refractivity contribution in [2.45, 2.75) is 13.1 Å². The van der Waals surface area contributed by atoms with Crippen molar-refractivity contribution in [3.05, 3.63) is 47.5 Å². The zero-order valence-electron chi connectivity index (χ0n) is 13.1. The first-order chi connectivity index (χ1) is 11.1. The molecule has 0 aliphatic rings. The molecule has 134 valence electrons. The first kappa shape index (κ1) is 22.0. The molecule has 0 radical (unpaired) electrons. The Morgan fingerprint density at radius 3 is 1.56 bits per heavy atom. The van der Waals surface area contributed by atoms with Crippen molar-refractivity contribution >= 4 is 100 Å². The van der Waals surface area contributed by atoms with Gasteiger partial charge in [0, 0.05) is 33.3 Å². The number of nitrogens with two attached hydrogens (primary N) is 2. The van der Waals surface area contributed by atoms with Crippen molar-refractivity contribution in [3.8, 4) is 0 Å². The number of nitrogens with one attached hydrogen (secondary N) is 2. The van der Waals surface area contributed by atoms with Crippen molar-refractivity contribution in [2.75, 3.05) is 0 Å². The standard InChI is InChI=1S/C16H16N4S3.2BrH/c17-15(21)19-7-9-3-1-5-11-13(9)14-10(8-20-16(18)22)4-2-6-12(14)23-11;;/h1-6H,7-8H2,(H3,17,19,21)(H3,18,20,22);2*1H. The van der Waals surface area contributed by atoms with Crippen LogP contribution in [0.1, 0.15) is 11.1 Å². The highest BCUT2D eigenvalue weighted by molar-refractivity contribution is 8.93. The van der Waals surface area contributed by atoms with Gasteiger partial charge in [-0.25, -0.2) is 0 Å². The fourth-order valence-electron chi connectivity index (χ4n) is 2.67. The Balaban J connectivity index is 0.00000156. The van der Waals surface area contributed by atoms with E-state index >= 15 is 0 Å². The Morgan fingerprint density at radius 2 is 1.20 bits per heavy atom. The molecule has 0 unspecified atom stereocenters. The van der Waals surface area contributed by atoms with E-state index in [1.807, 2.05) is 0 Å². The van der Waals surface area contributed by atoms with Gasteiger partial charge in [-0.15, -0.1) is 45.3 Å². The summed E-state index contributed by atoms with van der Waals surface area (Å²) in [6, 6.07) is 12.6. The topological polar surface area (TPSA) is 76.1 Å². The summed E-state index contributed by atoms with van der Waals surface area (Å²) < 4.78 is 2.48. The molecule has 4 nitrogen and oxygen atoms in total. The van der Waals surface area contributed by atoms with E-state index in [4.69, 9.17) is 35.9 Å². The van der Waals surface area contributed by atoms with Crippen LogP contribution in [0.25, 0.3) is 20.2 Å². The van der Waals surface area contributed by atoms with E-state index in [1.54, 1.807) is 11.3 Å². The van der Waals surface area contributed by atoms with Crippen LogP contribution in [-0.4, -0.2) is 10.2 Å². The predicted molar refractivity (Wildman–Crippen MR) is 127 cm³/mol. The van der Waals surface area contributed by atoms with E-state index in [-0.39, 0.29) is 34.0 Å². The molecule has 0 aliphatic heterocycles. The van der Waals surface area contributed by atoms with Crippen LogP contribution in [0.3, 0.4) is 0 Å². The van der Waals surface area contributed by atoms with Gasteiger partial charge in [0.15, 0.2) is 10.2 Å². The van der Waals surface area contributed by atoms with E-state index in [0.29, 0.717) is 23.3 Å². The van der Waals surface area contributed by atoms with Gasteiger partial charge in [0.1, 0.15) is 0 Å². The summed E-state index contributed by atoms with van der Waals surface area (Å²) in [5.41, 5.74) is 13.5. The highest BCUT2D eigenvalue weighted by Crippen LogP contribution is 2.37. The van der Waals surface area contributed by atoms with Crippen molar-refractivity contribution in [2.24, 2.45) is 11.5 Å². The Labute approximate surface area is 181 Å². The summed E-state index contributed by atoms with van der Waals surface area (Å²) >= 11 is 11.6.